The summed E-state index contributed by atoms with van der Waals surface area (Å²) in [7, 11) is 0. The van der Waals surface area contributed by atoms with Crippen molar-refractivity contribution in [1.82, 2.24) is 9.88 Å². The number of rotatable bonds is 4. The van der Waals surface area contributed by atoms with Gasteiger partial charge >= 0.3 is 0 Å². The van der Waals surface area contributed by atoms with Crippen LogP contribution < -0.4 is 5.32 Å². The Bertz CT molecular complexity index is 1110. The standard InChI is InChI=1S/C22H18FN3O2S/c1-14(27)26-10-9-15-5-2-3-8-18(15)20(26)12-21(28)25-22-24-19(13-29-22)16-6-4-7-17(23)11-16/h2-11,13,20H,12H2,1H3,(H,24,25,28)/t20-/m1/s1. The van der Waals surface area contributed by atoms with E-state index in [1.165, 1.54) is 30.4 Å². The van der Waals surface area contributed by atoms with Gasteiger partial charge in [0.25, 0.3) is 0 Å². The van der Waals surface area contributed by atoms with Crippen LogP contribution in [0.25, 0.3) is 17.3 Å². The molecule has 4 rings (SSSR count). The SMILES string of the molecule is CC(=O)N1C=Cc2ccccc2[C@H]1CC(=O)Nc1nc(-c2cccc(F)c2)cs1. The molecule has 2 heterocycles. The van der Waals surface area contributed by atoms with Gasteiger partial charge < -0.3 is 10.2 Å². The molecule has 2 amide bonds. The summed E-state index contributed by atoms with van der Waals surface area (Å²) in [6, 6.07) is 13.5. The topological polar surface area (TPSA) is 62.3 Å². The van der Waals surface area contributed by atoms with E-state index < -0.39 is 0 Å². The average Bonchev–Trinajstić information content (AvgIpc) is 3.16. The Balaban J connectivity index is 1.51. The molecular weight excluding hydrogens is 389 g/mol. The molecule has 1 aliphatic rings. The lowest BCUT2D eigenvalue weighted by Gasteiger charge is -2.32. The zero-order valence-electron chi connectivity index (χ0n) is 15.6. The number of benzene rings is 2. The minimum absolute atomic E-state index is 0.107. The molecule has 0 bridgehead atoms. The number of hydrogen-bond acceptors (Lipinski definition) is 4. The molecule has 0 unspecified atom stereocenters. The summed E-state index contributed by atoms with van der Waals surface area (Å²) in [5, 5.41) is 5.00. The van der Waals surface area contributed by atoms with Crippen LogP contribution in [0.1, 0.15) is 30.5 Å². The second-order valence-corrected chi connectivity index (χ2v) is 7.55. The third kappa shape index (κ3) is 4.09. The van der Waals surface area contributed by atoms with E-state index in [2.05, 4.69) is 10.3 Å². The Labute approximate surface area is 171 Å². The van der Waals surface area contributed by atoms with Gasteiger partial charge in [-0.25, -0.2) is 9.37 Å². The molecule has 1 N–H and O–H groups in total. The second kappa shape index (κ2) is 7.97. The summed E-state index contributed by atoms with van der Waals surface area (Å²) in [5.41, 5.74) is 3.17. The van der Waals surface area contributed by atoms with Crippen molar-refractivity contribution in [3.8, 4) is 11.3 Å². The van der Waals surface area contributed by atoms with E-state index in [1.54, 1.807) is 28.6 Å². The first-order valence-corrected chi connectivity index (χ1v) is 9.96. The Morgan fingerprint density at radius 1 is 1.21 bits per heavy atom. The molecule has 0 fully saturated rings. The molecule has 5 nitrogen and oxygen atoms in total. The average molecular weight is 407 g/mol. The number of nitrogens with one attached hydrogen (secondary N) is 1. The van der Waals surface area contributed by atoms with Crippen LogP contribution in [0, 0.1) is 5.82 Å². The second-order valence-electron chi connectivity index (χ2n) is 6.69. The molecule has 0 saturated heterocycles. The lowest BCUT2D eigenvalue weighted by Crippen LogP contribution is -2.33. The minimum atomic E-state index is -0.378. The Kier molecular flexibility index (Phi) is 5.22. The van der Waals surface area contributed by atoms with Crippen LogP contribution in [0.2, 0.25) is 0 Å². The first kappa shape index (κ1) is 19.0. The van der Waals surface area contributed by atoms with Gasteiger partial charge in [-0.15, -0.1) is 11.3 Å². The summed E-state index contributed by atoms with van der Waals surface area (Å²) in [6.45, 7) is 1.48. The number of amides is 2. The maximum atomic E-state index is 13.4. The lowest BCUT2D eigenvalue weighted by atomic mass is 9.93. The fraction of sp³-hybridized carbons (Fsp3) is 0.136. The largest absolute Gasteiger partial charge is 0.311 e. The molecule has 146 valence electrons. The monoisotopic (exact) mass is 407 g/mol. The zero-order valence-corrected chi connectivity index (χ0v) is 16.4. The normalized spacial score (nSPS) is 15.1. The lowest BCUT2D eigenvalue weighted by molar-refractivity contribution is -0.129. The number of carbonyl (C=O) groups is 2. The van der Waals surface area contributed by atoms with Gasteiger partial charge in [-0.05, 0) is 29.3 Å². The van der Waals surface area contributed by atoms with Crippen LogP contribution in [0.5, 0.6) is 0 Å². The van der Waals surface area contributed by atoms with E-state index in [4.69, 9.17) is 0 Å². The van der Waals surface area contributed by atoms with Crippen molar-refractivity contribution in [1.29, 1.82) is 0 Å². The van der Waals surface area contributed by atoms with Crippen molar-refractivity contribution in [2.45, 2.75) is 19.4 Å². The molecule has 3 aromatic rings. The van der Waals surface area contributed by atoms with E-state index >= 15 is 0 Å². The highest BCUT2D eigenvalue weighted by molar-refractivity contribution is 7.14. The van der Waals surface area contributed by atoms with Crippen molar-refractivity contribution < 1.29 is 14.0 Å². The molecule has 7 heteroatoms. The maximum absolute atomic E-state index is 13.4. The molecular formula is C22H18FN3O2S. The van der Waals surface area contributed by atoms with Gasteiger partial charge in [0.2, 0.25) is 11.8 Å². The van der Waals surface area contributed by atoms with E-state index in [9.17, 15) is 14.0 Å². The predicted octanol–water partition coefficient (Wildman–Crippen LogP) is 4.85. The van der Waals surface area contributed by atoms with Crippen molar-refractivity contribution >= 4 is 34.4 Å². The zero-order chi connectivity index (χ0) is 20.4. The van der Waals surface area contributed by atoms with Crippen LogP contribution >= 0.6 is 11.3 Å². The number of fused-ring (bicyclic) bond motifs is 1. The maximum Gasteiger partial charge on any atom is 0.228 e. The van der Waals surface area contributed by atoms with E-state index in [0.717, 1.165) is 11.1 Å². The van der Waals surface area contributed by atoms with Crippen molar-refractivity contribution in [3.05, 3.63) is 77.1 Å². The van der Waals surface area contributed by atoms with Crippen molar-refractivity contribution in [2.75, 3.05) is 5.32 Å². The summed E-state index contributed by atoms with van der Waals surface area (Å²) >= 11 is 1.27. The highest BCUT2D eigenvalue weighted by Crippen LogP contribution is 2.33. The fourth-order valence-electron chi connectivity index (χ4n) is 3.37. The van der Waals surface area contributed by atoms with Crippen LogP contribution in [0.3, 0.4) is 0 Å². The smallest absolute Gasteiger partial charge is 0.228 e. The van der Waals surface area contributed by atoms with Crippen LogP contribution in [0.4, 0.5) is 9.52 Å². The summed E-state index contributed by atoms with van der Waals surface area (Å²) in [6.07, 6.45) is 3.70. The van der Waals surface area contributed by atoms with Gasteiger partial charge in [0.05, 0.1) is 18.2 Å². The molecule has 1 atom stereocenters. The molecule has 0 spiro atoms. The highest BCUT2D eigenvalue weighted by atomic mass is 32.1. The molecule has 1 aromatic heterocycles. The highest BCUT2D eigenvalue weighted by Gasteiger charge is 2.28. The van der Waals surface area contributed by atoms with Gasteiger partial charge in [0.15, 0.2) is 5.13 Å². The molecule has 2 aromatic carbocycles. The van der Waals surface area contributed by atoms with Gasteiger partial charge in [-0.3, -0.25) is 9.59 Å². The molecule has 0 aliphatic carbocycles. The number of anilines is 1. The Morgan fingerprint density at radius 2 is 2.03 bits per heavy atom. The number of carbonyl (C=O) groups excluding carboxylic acids is 2. The quantitative estimate of drug-likeness (QED) is 0.672. The minimum Gasteiger partial charge on any atom is -0.311 e. The third-order valence-corrected chi connectivity index (χ3v) is 5.48. The molecule has 0 radical (unpaired) electrons. The number of thiazole rings is 1. The third-order valence-electron chi connectivity index (χ3n) is 4.72. The number of halogens is 1. The van der Waals surface area contributed by atoms with E-state index in [1.807, 2.05) is 30.3 Å². The van der Waals surface area contributed by atoms with Crippen LogP contribution in [-0.4, -0.2) is 21.7 Å². The Morgan fingerprint density at radius 3 is 2.83 bits per heavy atom. The van der Waals surface area contributed by atoms with Gasteiger partial charge in [0, 0.05) is 24.1 Å². The van der Waals surface area contributed by atoms with Crippen LogP contribution in [0.15, 0.2) is 60.1 Å². The van der Waals surface area contributed by atoms with Gasteiger partial charge in [0.1, 0.15) is 5.82 Å². The number of nitrogens with zero attached hydrogens (tertiary/aromatic N) is 2. The van der Waals surface area contributed by atoms with Gasteiger partial charge in [-0.2, -0.15) is 0 Å². The fourth-order valence-corrected chi connectivity index (χ4v) is 4.11. The molecule has 29 heavy (non-hydrogen) atoms. The molecule has 1 aliphatic heterocycles. The van der Waals surface area contributed by atoms with E-state index in [-0.39, 0.29) is 30.1 Å². The first-order valence-electron chi connectivity index (χ1n) is 9.08. The summed E-state index contributed by atoms with van der Waals surface area (Å²) in [4.78, 5) is 30.7. The van der Waals surface area contributed by atoms with E-state index in [0.29, 0.717) is 16.4 Å². The number of hydrogen-bond donors (Lipinski definition) is 1. The summed E-state index contributed by atoms with van der Waals surface area (Å²) in [5.74, 6) is -0.711. The molecule has 0 saturated carbocycles. The van der Waals surface area contributed by atoms with Gasteiger partial charge in [-0.1, -0.05) is 36.4 Å². The van der Waals surface area contributed by atoms with Crippen LogP contribution in [-0.2, 0) is 9.59 Å². The number of aromatic nitrogens is 1. The Hall–Kier alpha value is -3.32. The van der Waals surface area contributed by atoms with Crippen molar-refractivity contribution in [3.63, 3.8) is 0 Å². The van der Waals surface area contributed by atoms with Crippen molar-refractivity contribution in [2.24, 2.45) is 0 Å². The summed E-state index contributed by atoms with van der Waals surface area (Å²) < 4.78 is 13.4. The predicted molar refractivity (Wildman–Crippen MR) is 111 cm³/mol. The first-order chi connectivity index (χ1) is 14.0.